The van der Waals surface area contributed by atoms with Crippen LogP contribution in [0, 0.1) is 13.8 Å². The molecule has 0 aliphatic heterocycles. The molecule has 0 radical (unpaired) electrons. The van der Waals surface area contributed by atoms with Crippen LogP contribution in [0.4, 0.5) is 0 Å². The standard InChI is InChI=1S/C13H12N4O3/c1-8-14-13(17-20-8)10-3-5-11(6-4-10)18-7-12-16-15-9(2)19-12/h3-6H,7H2,1-2H3. The minimum atomic E-state index is 0.238. The van der Waals surface area contributed by atoms with Gasteiger partial charge in [-0.2, -0.15) is 4.98 Å². The van der Waals surface area contributed by atoms with Gasteiger partial charge < -0.3 is 13.7 Å². The first kappa shape index (κ1) is 12.3. The normalized spacial score (nSPS) is 10.7. The van der Waals surface area contributed by atoms with E-state index < -0.39 is 0 Å². The van der Waals surface area contributed by atoms with E-state index in [1.807, 2.05) is 24.3 Å². The Morgan fingerprint density at radius 2 is 1.85 bits per heavy atom. The monoisotopic (exact) mass is 272 g/mol. The number of benzene rings is 1. The Balaban J connectivity index is 1.67. The van der Waals surface area contributed by atoms with Gasteiger partial charge in [-0.25, -0.2) is 0 Å². The van der Waals surface area contributed by atoms with Crippen LogP contribution in [-0.2, 0) is 6.61 Å². The van der Waals surface area contributed by atoms with Crippen molar-refractivity contribution in [1.82, 2.24) is 20.3 Å². The van der Waals surface area contributed by atoms with Crippen LogP contribution < -0.4 is 4.74 Å². The van der Waals surface area contributed by atoms with E-state index in [9.17, 15) is 0 Å². The molecule has 0 aliphatic rings. The molecule has 3 aromatic rings. The Morgan fingerprint density at radius 3 is 2.45 bits per heavy atom. The number of aryl methyl sites for hydroxylation is 2. The zero-order valence-electron chi connectivity index (χ0n) is 11.0. The topological polar surface area (TPSA) is 87.1 Å². The van der Waals surface area contributed by atoms with Crippen LogP contribution in [0.1, 0.15) is 17.7 Å². The van der Waals surface area contributed by atoms with Gasteiger partial charge in [0, 0.05) is 19.4 Å². The molecule has 3 rings (SSSR count). The smallest absolute Gasteiger partial charge is 0.253 e. The number of hydrogen-bond acceptors (Lipinski definition) is 7. The minimum Gasteiger partial charge on any atom is -0.484 e. The quantitative estimate of drug-likeness (QED) is 0.720. The maximum atomic E-state index is 5.54. The fraction of sp³-hybridized carbons (Fsp3) is 0.231. The lowest BCUT2D eigenvalue weighted by Gasteiger charge is -2.03. The van der Waals surface area contributed by atoms with Gasteiger partial charge in [-0.05, 0) is 24.3 Å². The Morgan fingerprint density at radius 1 is 1.05 bits per heavy atom. The third-order valence-corrected chi connectivity index (χ3v) is 2.57. The molecule has 2 aromatic heterocycles. The van der Waals surface area contributed by atoms with Gasteiger partial charge in [0.05, 0.1) is 0 Å². The van der Waals surface area contributed by atoms with Crippen LogP contribution >= 0.6 is 0 Å². The Kier molecular flexibility index (Phi) is 3.16. The average Bonchev–Trinajstić information content (AvgIpc) is 3.06. The molecule has 2 heterocycles. The fourth-order valence-corrected chi connectivity index (χ4v) is 1.66. The lowest BCUT2D eigenvalue weighted by molar-refractivity contribution is 0.260. The highest BCUT2D eigenvalue weighted by Gasteiger charge is 2.07. The van der Waals surface area contributed by atoms with Gasteiger partial charge in [-0.15, -0.1) is 10.2 Å². The predicted octanol–water partition coefficient (Wildman–Crippen LogP) is 2.32. The van der Waals surface area contributed by atoms with Crippen LogP contribution in [-0.4, -0.2) is 20.3 Å². The van der Waals surface area contributed by atoms with E-state index in [-0.39, 0.29) is 6.61 Å². The van der Waals surface area contributed by atoms with Crippen molar-refractivity contribution in [3.05, 3.63) is 41.9 Å². The molecule has 0 N–H and O–H groups in total. The number of hydrogen-bond donors (Lipinski definition) is 0. The zero-order chi connectivity index (χ0) is 13.9. The fourth-order valence-electron chi connectivity index (χ4n) is 1.66. The van der Waals surface area contributed by atoms with E-state index in [0.717, 1.165) is 5.56 Å². The molecule has 7 heteroatoms. The van der Waals surface area contributed by atoms with Gasteiger partial charge >= 0.3 is 0 Å². The summed E-state index contributed by atoms with van der Waals surface area (Å²) in [7, 11) is 0. The van der Waals surface area contributed by atoms with Gasteiger partial charge in [0.25, 0.3) is 5.89 Å². The van der Waals surface area contributed by atoms with Crippen molar-refractivity contribution >= 4 is 0 Å². The molecule has 0 saturated heterocycles. The van der Waals surface area contributed by atoms with Crippen LogP contribution in [0.2, 0.25) is 0 Å². The Bertz CT molecular complexity index is 702. The summed E-state index contributed by atoms with van der Waals surface area (Å²) >= 11 is 0. The second kappa shape index (κ2) is 5.12. The van der Waals surface area contributed by atoms with E-state index in [4.69, 9.17) is 13.7 Å². The van der Waals surface area contributed by atoms with Crippen molar-refractivity contribution in [2.75, 3.05) is 0 Å². The van der Waals surface area contributed by atoms with Crippen LogP contribution in [0.3, 0.4) is 0 Å². The molecule has 102 valence electrons. The Labute approximate surface area is 114 Å². The van der Waals surface area contributed by atoms with Crippen molar-refractivity contribution in [2.24, 2.45) is 0 Å². The van der Waals surface area contributed by atoms with Crippen molar-refractivity contribution in [3.63, 3.8) is 0 Å². The molecule has 20 heavy (non-hydrogen) atoms. The number of rotatable bonds is 4. The van der Waals surface area contributed by atoms with Gasteiger partial charge in [0.1, 0.15) is 5.75 Å². The lowest BCUT2D eigenvalue weighted by Crippen LogP contribution is -1.95. The average molecular weight is 272 g/mol. The second-order valence-electron chi connectivity index (χ2n) is 4.16. The highest BCUT2D eigenvalue weighted by atomic mass is 16.5. The molecular formula is C13H12N4O3. The maximum absolute atomic E-state index is 5.54. The maximum Gasteiger partial charge on any atom is 0.253 e. The highest BCUT2D eigenvalue weighted by Crippen LogP contribution is 2.20. The third-order valence-electron chi connectivity index (χ3n) is 2.57. The Hall–Kier alpha value is -2.70. The third kappa shape index (κ3) is 2.66. The van der Waals surface area contributed by atoms with Crippen LogP contribution in [0.15, 0.2) is 33.2 Å². The molecule has 0 aliphatic carbocycles. The molecule has 0 unspecified atom stereocenters. The van der Waals surface area contributed by atoms with E-state index in [2.05, 4.69) is 20.3 Å². The van der Waals surface area contributed by atoms with Crippen molar-refractivity contribution in [2.45, 2.75) is 20.5 Å². The molecule has 1 aromatic carbocycles. The van der Waals surface area contributed by atoms with Gasteiger partial charge in [0.2, 0.25) is 17.6 Å². The number of aromatic nitrogens is 4. The van der Waals surface area contributed by atoms with Crippen molar-refractivity contribution in [1.29, 1.82) is 0 Å². The summed E-state index contributed by atoms with van der Waals surface area (Å²) in [5.74, 6) is 2.75. The molecular weight excluding hydrogens is 260 g/mol. The molecule has 0 amide bonds. The minimum absolute atomic E-state index is 0.238. The van der Waals surface area contributed by atoms with Crippen molar-refractivity contribution in [3.8, 4) is 17.1 Å². The zero-order valence-corrected chi connectivity index (χ0v) is 11.0. The molecule has 0 saturated carbocycles. The number of nitrogens with zero attached hydrogens (tertiary/aromatic N) is 4. The predicted molar refractivity (Wildman–Crippen MR) is 67.8 cm³/mol. The first-order valence-corrected chi connectivity index (χ1v) is 6.03. The van der Waals surface area contributed by atoms with E-state index in [0.29, 0.717) is 29.2 Å². The van der Waals surface area contributed by atoms with Crippen molar-refractivity contribution < 1.29 is 13.7 Å². The number of ether oxygens (including phenoxy) is 1. The van der Waals surface area contributed by atoms with Gasteiger partial charge in [-0.3, -0.25) is 0 Å². The summed E-state index contributed by atoms with van der Waals surface area (Å²) < 4.78 is 15.7. The summed E-state index contributed by atoms with van der Waals surface area (Å²) in [6.45, 7) is 3.72. The summed E-state index contributed by atoms with van der Waals surface area (Å²) in [6, 6.07) is 7.37. The second-order valence-corrected chi connectivity index (χ2v) is 4.16. The van der Waals surface area contributed by atoms with Crippen LogP contribution in [0.5, 0.6) is 5.75 Å². The molecule has 7 nitrogen and oxygen atoms in total. The first-order valence-electron chi connectivity index (χ1n) is 6.03. The highest BCUT2D eigenvalue weighted by molar-refractivity contribution is 5.55. The van der Waals surface area contributed by atoms with Gasteiger partial charge in [0.15, 0.2) is 6.61 Å². The molecule has 0 spiro atoms. The summed E-state index contributed by atoms with van der Waals surface area (Å²) in [4.78, 5) is 4.16. The summed E-state index contributed by atoms with van der Waals surface area (Å²) in [6.07, 6.45) is 0. The first-order chi connectivity index (χ1) is 9.70. The largest absolute Gasteiger partial charge is 0.484 e. The van der Waals surface area contributed by atoms with Crippen LogP contribution in [0.25, 0.3) is 11.4 Å². The van der Waals surface area contributed by atoms with E-state index in [1.54, 1.807) is 13.8 Å². The molecule has 0 bridgehead atoms. The SMILES string of the molecule is Cc1nc(-c2ccc(OCc3nnc(C)o3)cc2)no1. The molecule has 0 fully saturated rings. The van der Waals surface area contributed by atoms with Gasteiger partial charge in [-0.1, -0.05) is 5.16 Å². The van der Waals surface area contributed by atoms with E-state index >= 15 is 0 Å². The summed E-state index contributed by atoms with van der Waals surface area (Å²) in [5, 5.41) is 11.4. The van der Waals surface area contributed by atoms with E-state index in [1.165, 1.54) is 0 Å². The lowest BCUT2D eigenvalue weighted by atomic mass is 10.2. The molecule has 0 atom stereocenters. The summed E-state index contributed by atoms with van der Waals surface area (Å²) in [5.41, 5.74) is 0.864.